The number of hydrogen-bond acceptors (Lipinski definition) is 0. The Hall–Kier alpha value is -3.62. The summed E-state index contributed by atoms with van der Waals surface area (Å²) in [6.45, 7) is 0. The second-order valence-electron chi connectivity index (χ2n) is 8.78. The summed E-state index contributed by atoms with van der Waals surface area (Å²) >= 11 is 3.61. The van der Waals surface area contributed by atoms with Crippen molar-refractivity contribution in [2.45, 2.75) is 5.41 Å². The van der Waals surface area contributed by atoms with Crippen molar-refractivity contribution in [2.24, 2.45) is 0 Å². The molecule has 0 bridgehead atoms. The molecule has 2 heteroatoms. The van der Waals surface area contributed by atoms with Crippen LogP contribution in [-0.2, 0) is 5.41 Å². The molecule has 156 valence electrons. The molecule has 0 radical (unpaired) electrons. The lowest BCUT2D eigenvalue weighted by molar-refractivity contribution is 0.770. The van der Waals surface area contributed by atoms with Gasteiger partial charge < -0.3 is 4.98 Å². The van der Waals surface area contributed by atoms with Gasteiger partial charge in [0.25, 0.3) is 0 Å². The number of nitrogens with one attached hydrogen (secondary N) is 1. The third-order valence-electron chi connectivity index (χ3n) is 7.15. The first-order chi connectivity index (χ1) is 16.3. The number of aromatic nitrogens is 1. The van der Waals surface area contributed by atoms with Crippen molar-refractivity contribution in [3.63, 3.8) is 0 Å². The van der Waals surface area contributed by atoms with Gasteiger partial charge in [-0.1, -0.05) is 113 Å². The van der Waals surface area contributed by atoms with Crippen LogP contribution in [0, 0.1) is 0 Å². The number of fused-ring (bicyclic) bond motifs is 6. The monoisotopic (exact) mass is 485 g/mol. The van der Waals surface area contributed by atoms with E-state index in [1.165, 1.54) is 44.2 Å². The number of aromatic amines is 1. The van der Waals surface area contributed by atoms with E-state index in [1.54, 1.807) is 0 Å². The van der Waals surface area contributed by atoms with Gasteiger partial charge in [0.2, 0.25) is 0 Å². The molecule has 0 saturated carbocycles. The lowest BCUT2D eigenvalue weighted by Crippen LogP contribution is -2.28. The fourth-order valence-electron chi connectivity index (χ4n) is 5.83. The van der Waals surface area contributed by atoms with Gasteiger partial charge in [-0.05, 0) is 51.6 Å². The van der Waals surface area contributed by atoms with Crippen LogP contribution in [0.5, 0.6) is 0 Å². The van der Waals surface area contributed by atoms with E-state index < -0.39 is 0 Å². The Labute approximate surface area is 200 Å². The number of hydrogen-bond donors (Lipinski definition) is 1. The van der Waals surface area contributed by atoms with E-state index in [2.05, 4.69) is 136 Å². The fourth-order valence-corrected chi connectivity index (χ4v) is 6.19. The SMILES string of the molecule is Brc1ccc2c(c1)[nH]c1cc(C3(c4ccccc4)c4ccccc4-c4ccccc43)ccc12. The van der Waals surface area contributed by atoms with E-state index >= 15 is 0 Å². The number of halogens is 1. The molecule has 1 aliphatic rings. The topological polar surface area (TPSA) is 15.8 Å². The minimum absolute atomic E-state index is 0.361. The normalized spacial score (nSPS) is 13.8. The van der Waals surface area contributed by atoms with Gasteiger partial charge in [-0.3, -0.25) is 0 Å². The van der Waals surface area contributed by atoms with Crippen LogP contribution in [-0.4, -0.2) is 4.98 Å². The molecule has 0 aliphatic heterocycles. The van der Waals surface area contributed by atoms with Crippen LogP contribution in [0.3, 0.4) is 0 Å². The van der Waals surface area contributed by atoms with E-state index in [4.69, 9.17) is 0 Å². The van der Waals surface area contributed by atoms with Crippen molar-refractivity contribution in [3.05, 3.63) is 142 Å². The average molecular weight is 486 g/mol. The molecule has 0 atom stereocenters. The summed E-state index contributed by atoms with van der Waals surface area (Å²) in [6, 6.07) is 42.1. The Morgan fingerprint density at radius 2 is 1.09 bits per heavy atom. The Morgan fingerprint density at radius 1 is 0.515 bits per heavy atom. The third-order valence-corrected chi connectivity index (χ3v) is 7.65. The summed E-state index contributed by atoms with van der Waals surface area (Å²) in [4.78, 5) is 3.67. The molecule has 1 aliphatic carbocycles. The second kappa shape index (κ2) is 6.94. The van der Waals surface area contributed by atoms with E-state index in [9.17, 15) is 0 Å². The van der Waals surface area contributed by atoms with Crippen LogP contribution >= 0.6 is 15.9 Å². The van der Waals surface area contributed by atoms with Gasteiger partial charge in [0.05, 0.1) is 5.41 Å². The minimum Gasteiger partial charge on any atom is -0.354 e. The van der Waals surface area contributed by atoms with Gasteiger partial charge in [-0.15, -0.1) is 0 Å². The van der Waals surface area contributed by atoms with E-state index in [0.29, 0.717) is 0 Å². The highest BCUT2D eigenvalue weighted by atomic mass is 79.9. The molecule has 5 aromatic carbocycles. The Morgan fingerprint density at radius 3 is 1.79 bits per heavy atom. The number of benzene rings is 5. The molecule has 1 aromatic heterocycles. The predicted octanol–water partition coefficient (Wildman–Crippen LogP) is 8.45. The van der Waals surface area contributed by atoms with Crippen molar-refractivity contribution < 1.29 is 0 Å². The van der Waals surface area contributed by atoms with E-state index in [-0.39, 0.29) is 5.41 Å². The molecule has 7 rings (SSSR count). The first-order valence-corrected chi connectivity index (χ1v) is 12.0. The zero-order valence-electron chi connectivity index (χ0n) is 17.8. The first-order valence-electron chi connectivity index (χ1n) is 11.2. The van der Waals surface area contributed by atoms with Crippen molar-refractivity contribution in [3.8, 4) is 11.1 Å². The van der Waals surface area contributed by atoms with E-state index in [0.717, 1.165) is 15.5 Å². The highest BCUT2D eigenvalue weighted by molar-refractivity contribution is 9.10. The Kier molecular flexibility index (Phi) is 3.97. The van der Waals surface area contributed by atoms with Crippen LogP contribution in [0.2, 0.25) is 0 Å². The predicted molar refractivity (Wildman–Crippen MR) is 141 cm³/mol. The van der Waals surface area contributed by atoms with Crippen molar-refractivity contribution in [1.29, 1.82) is 0 Å². The molecular formula is C31H20BrN. The van der Waals surface area contributed by atoms with Gasteiger partial charge in [0.1, 0.15) is 0 Å². The van der Waals surface area contributed by atoms with Gasteiger partial charge in [0.15, 0.2) is 0 Å². The average Bonchev–Trinajstić information content (AvgIpc) is 3.37. The summed E-state index contributed by atoms with van der Waals surface area (Å²) in [5.74, 6) is 0. The van der Waals surface area contributed by atoms with Crippen LogP contribution in [0.1, 0.15) is 22.3 Å². The summed E-state index contributed by atoms with van der Waals surface area (Å²) in [5, 5.41) is 2.50. The maximum absolute atomic E-state index is 3.67. The van der Waals surface area contributed by atoms with Gasteiger partial charge in [-0.2, -0.15) is 0 Å². The number of H-pyrrole nitrogens is 1. The molecular weight excluding hydrogens is 466 g/mol. The quantitative estimate of drug-likeness (QED) is 0.252. The smallest absolute Gasteiger partial charge is 0.0714 e. The van der Waals surface area contributed by atoms with Crippen LogP contribution in [0.15, 0.2) is 120 Å². The van der Waals surface area contributed by atoms with Gasteiger partial charge in [0, 0.05) is 26.3 Å². The molecule has 0 amide bonds. The van der Waals surface area contributed by atoms with Gasteiger partial charge >= 0.3 is 0 Å². The highest BCUT2D eigenvalue weighted by Crippen LogP contribution is 2.56. The standard InChI is InChI=1S/C31H20BrN/c32-22-15-17-26-25-16-14-21(18-29(25)33-30(26)19-22)31(20-8-2-1-3-9-20)27-12-6-4-10-23(27)24-11-5-7-13-28(24)31/h1-19,33H. The first kappa shape index (κ1) is 18.9. The van der Waals surface area contributed by atoms with Crippen molar-refractivity contribution >= 4 is 37.7 Å². The largest absolute Gasteiger partial charge is 0.354 e. The lowest BCUT2D eigenvalue weighted by atomic mass is 9.67. The molecule has 33 heavy (non-hydrogen) atoms. The molecule has 1 heterocycles. The van der Waals surface area contributed by atoms with Crippen molar-refractivity contribution in [2.75, 3.05) is 0 Å². The zero-order valence-corrected chi connectivity index (χ0v) is 19.4. The zero-order chi connectivity index (χ0) is 22.0. The highest BCUT2D eigenvalue weighted by Gasteiger charge is 2.45. The summed E-state index contributed by atoms with van der Waals surface area (Å²) < 4.78 is 1.08. The Bertz CT molecular complexity index is 1630. The number of rotatable bonds is 2. The molecule has 0 spiro atoms. The third kappa shape index (κ3) is 2.53. The summed E-state index contributed by atoms with van der Waals surface area (Å²) in [5.41, 5.74) is 9.85. The van der Waals surface area contributed by atoms with Crippen molar-refractivity contribution in [1.82, 2.24) is 4.98 Å². The minimum atomic E-state index is -0.361. The van der Waals surface area contributed by atoms with Crippen LogP contribution in [0.4, 0.5) is 0 Å². The maximum Gasteiger partial charge on any atom is 0.0714 e. The molecule has 1 N–H and O–H groups in total. The molecule has 0 unspecified atom stereocenters. The lowest BCUT2D eigenvalue weighted by Gasteiger charge is -2.33. The molecule has 1 nitrogen and oxygen atoms in total. The van der Waals surface area contributed by atoms with Gasteiger partial charge in [-0.25, -0.2) is 0 Å². The molecule has 0 saturated heterocycles. The summed E-state index contributed by atoms with van der Waals surface area (Å²) in [7, 11) is 0. The summed E-state index contributed by atoms with van der Waals surface area (Å²) in [6.07, 6.45) is 0. The molecule has 6 aromatic rings. The van der Waals surface area contributed by atoms with Crippen LogP contribution in [0.25, 0.3) is 32.9 Å². The van der Waals surface area contributed by atoms with Crippen LogP contribution < -0.4 is 0 Å². The Balaban J connectivity index is 1.61. The molecule has 0 fully saturated rings. The van der Waals surface area contributed by atoms with E-state index in [1.807, 2.05) is 0 Å². The maximum atomic E-state index is 3.67. The second-order valence-corrected chi connectivity index (χ2v) is 9.70. The fraction of sp³-hybridized carbons (Fsp3) is 0.0323.